The zero-order valence-electron chi connectivity index (χ0n) is 9.85. The SMILES string of the molecule is CCC(CC)N1CC(CS(N)(=O)=O)CC1=O. The van der Waals surface area contributed by atoms with Crippen LogP contribution in [-0.4, -0.2) is 37.6 Å². The highest BCUT2D eigenvalue weighted by atomic mass is 32.2. The fourth-order valence-corrected chi connectivity index (χ4v) is 3.21. The van der Waals surface area contributed by atoms with Crippen molar-refractivity contribution in [3.63, 3.8) is 0 Å². The minimum Gasteiger partial charge on any atom is -0.339 e. The Balaban J connectivity index is 2.63. The average Bonchev–Trinajstić information content (AvgIpc) is 2.46. The number of likely N-dealkylation sites (tertiary alicyclic amines) is 1. The number of primary sulfonamides is 1. The summed E-state index contributed by atoms with van der Waals surface area (Å²) in [5.41, 5.74) is 0. The molecule has 1 unspecified atom stereocenters. The first-order chi connectivity index (χ1) is 7.37. The Kier molecular flexibility index (Phi) is 4.32. The highest BCUT2D eigenvalue weighted by molar-refractivity contribution is 7.89. The largest absolute Gasteiger partial charge is 0.339 e. The molecule has 0 saturated carbocycles. The number of sulfonamides is 1. The van der Waals surface area contributed by atoms with Crippen LogP contribution in [0.5, 0.6) is 0 Å². The second-order valence-electron chi connectivity index (χ2n) is 4.42. The minimum atomic E-state index is -3.47. The van der Waals surface area contributed by atoms with Gasteiger partial charge in [0.05, 0.1) is 5.75 Å². The van der Waals surface area contributed by atoms with Gasteiger partial charge in [-0.05, 0) is 12.8 Å². The molecule has 94 valence electrons. The van der Waals surface area contributed by atoms with Gasteiger partial charge >= 0.3 is 0 Å². The number of hydrogen-bond acceptors (Lipinski definition) is 3. The normalized spacial score (nSPS) is 22.1. The summed E-state index contributed by atoms with van der Waals surface area (Å²) in [6.07, 6.45) is 2.13. The zero-order valence-corrected chi connectivity index (χ0v) is 10.7. The van der Waals surface area contributed by atoms with E-state index in [1.165, 1.54) is 0 Å². The number of carbonyl (C=O) groups is 1. The lowest BCUT2D eigenvalue weighted by Gasteiger charge is -2.26. The molecule has 0 bridgehead atoms. The van der Waals surface area contributed by atoms with E-state index >= 15 is 0 Å². The van der Waals surface area contributed by atoms with Gasteiger partial charge in [0.2, 0.25) is 15.9 Å². The molecular weight excluding hydrogens is 228 g/mol. The summed E-state index contributed by atoms with van der Waals surface area (Å²) >= 11 is 0. The molecule has 1 atom stereocenters. The Labute approximate surface area is 97.0 Å². The predicted octanol–water partition coefficient (Wildman–Crippen LogP) is 0.312. The molecule has 5 nitrogen and oxygen atoms in total. The van der Waals surface area contributed by atoms with E-state index in [1.54, 1.807) is 4.90 Å². The van der Waals surface area contributed by atoms with Crippen molar-refractivity contribution in [3.8, 4) is 0 Å². The molecule has 0 spiro atoms. The number of nitrogens with two attached hydrogens (primary N) is 1. The van der Waals surface area contributed by atoms with Crippen LogP contribution in [0.4, 0.5) is 0 Å². The first-order valence-electron chi connectivity index (χ1n) is 5.67. The molecule has 0 aliphatic carbocycles. The van der Waals surface area contributed by atoms with E-state index in [2.05, 4.69) is 0 Å². The summed E-state index contributed by atoms with van der Waals surface area (Å²) < 4.78 is 21.9. The third kappa shape index (κ3) is 3.45. The van der Waals surface area contributed by atoms with Crippen LogP contribution in [0.1, 0.15) is 33.1 Å². The van der Waals surface area contributed by atoms with Crippen LogP contribution in [0.2, 0.25) is 0 Å². The Morgan fingerprint density at radius 3 is 2.44 bits per heavy atom. The minimum absolute atomic E-state index is 0.0577. The van der Waals surface area contributed by atoms with Crippen molar-refractivity contribution in [2.45, 2.75) is 39.2 Å². The Bertz CT molecular complexity index is 349. The number of rotatable bonds is 5. The van der Waals surface area contributed by atoms with Crippen LogP contribution in [0.15, 0.2) is 0 Å². The van der Waals surface area contributed by atoms with Gasteiger partial charge in [0, 0.05) is 24.9 Å². The molecule has 1 aliphatic heterocycles. The Morgan fingerprint density at radius 2 is 2.00 bits per heavy atom. The van der Waals surface area contributed by atoms with Crippen molar-refractivity contribution in [2.24, 2.45) is 11.1 Å². The third-order valence-corrected chi connectivity index (χ3v) is 4.03. The van der Waals surface area contributed by atoms with E-state index in [-0.39, 0.29) is 23.6 Å². The molecule has 1 aliphatic rings. The van der Waals surface area contributed by atoms with E-state index in [4.69, 9.17) is 5.14 Å². The smallest absolute Gasteiger partial charge is 0.223 e. The predicted molar refractivity (Wildman–Crippen MR) is 62.2 cm³/mol. The fraction of sp³-hybridized carbons (Fsp3) is 0.900. The van der Waals surface area contributed by atoms with Crippen molar-refractivity contribution >= 4 is 15.9 Å². The van der Waals surface area contributed by atoms with Crippen molar-refractivity contribution in [1.82, 2.24) is 4.90 Å². The van der Waals surface area contributed by atoms with E-state index in [0.29, 0.717) is 13.0 Å². The lowest BCUT2D eigenvalue weighted by molar-refractivity contribution is -0.129. The molecule has 0 aromatic carbocycles. The lowest BCUT2D eigenvalue weighted by atomic mass is 10.1. The molecule has 16 heavy (non-hydrogen) atoms. The van der Waals surface area contributed by atoms with Crippen LogP contribution in [0.25, 0.3) is 0 Å². The monoisotopic (exact) mass is 248 g/mol. The number of nitrogens with zero attached hydrogens (tertiary/aromatic N) is 1. The second kappa shape index (κ2) is 5.14. The van der Waals surface area contributed by atoms with Gasteiger partial charge in [-0.15, -0.1) is 0 Å². The van der Waals surface area contributed by atoms with Crippen LogP contribution in [0, 0.1) is 5.92 Å². The van der Waals surface area contributed by atoms with Crippen LogP contribution < -0.4 is 5.14 Å². The van der Waals surface area contributed by atoms with Crippen LogP contribution in [-0.2, 0) is 14.8 Å². The fourth-order valence-electron chi connectivity index (χ4n) is 2.33. The van der Waals surface area contributed by atoms with E-state index in [0.717, 1.165) is 12.8 Å². The van der Waals surface area contributed by atoms with Gasteiger partial charge in [-0.2, -0.15) is 0 Å². The van der Waals surface area contributed by atoms with Crippen molar-refractivity contribution in [2.75, 3.05) is 12.3 Å². The summed E-state index contributed by atoms with van der Waals surface area (Å²) in [4.78, 5) is 13.5. The first-order valence-corrected chi connectivity index (χ1v) is 7.38. The van der Waals surface area contributed by atoms with Crippen molar-refractivity contribution < 1.29 is 13.2 Å². The van der Waals surface area contributed by atoms with Gasteiger partial charge in [0.1, 0.15) is 0 Å². The molecule has 0 aromatic heterocycles. The van der Waals surface area contributed by atoms with Gasteiger partial charge in [0.25, 0.3) is 0 Å². The lowest BCUT2D eigenvalue weighted by Crippen LogP contribution is -2.36. The maximum absolute atomic E-state index is 11.7. The molecule has 0 aromatic rings. The van der Waals surface area contributed by atoms with E-state index in [1.807, 2.05) is 13.8 Å². The van der Waals surface area contributed by atoms with Gasteiger partial charge in [0.15, 0.2) is 0 Å². The molecule has 6 heteroatoms. The van der Waals surface area contributed by atoms with Gasteiger partial charge in [-0.3, -0.25) is 4.79 Å². The van der Waals surface area contributed by atoms with E-state index < -0.39 is 10.0 Å². The second-order valence-corrected chi connectivity index (χ2v) is 6.08. The maximum atomic E-state index is 11.7. The zero-order chi connectivity index (χ0) is 12.3. The molecule has 1 fully saturated rings. The van der Waals surface area contributed by atoms with Gasteiger partial charge in [-0.25, -0.2) is 13.6 Å². The maximum Gasteiger partial charge on any atom is 0.223 e. The number of hydrogen-bond donors (Lipinski definition) is 1. The standard InChI is InChI=1S/C10H20N2O3S/c1-3-9(4-2)12-6-8(5-10(12)13)7-16(11,14)15/h8-9H,3-7H2,1-2H3,(H2,11,14,15). The summed E-state index contributed by atoms with van der Waals surface area (Å²) in [5, 5.41) is 4.99. The highest BCUT2D eigenvalue weighted by Gasteiger charge is 2.34. The first kappa shape index (κ1) is 13.4. The topological polar surface area (TPSA) is 80.5 Å². The quantitative estimate of drug-likeness (QED) is 0.760. The van der Waals surface area contributed by atoms with Crippen molar-refractivity contribution in [3.05, 3.63) is 0 Å². The summed E-state index contributed by atoms with van der Waals surface area (Å²) in [6, 6.07) is 0.234. The Hall–Kier alpha value is -0.620. The van der Waals surface area contributed by atoms with Gasteiger partial charge < -0.3 is 4.90 Å². The van der Waals surface area contributed by atoms with E-state index in [9.17, 15) is 13.2 Å². The number of amides is 1. The molecule has 0 radical (unpaired) electrons. The molecule has 1 rings (SSSR count). The van der Waals surface area contributed by atoms with Crippen LogP contribution in [0.3, 0.4) is 0 Å². The summed E-state index contributed by atoms with van der Waals surface area (Å²) in [6.45, 7) is 4.60. The summed E-state index contributed by atoms with van der Waals surface area (Å²) in [7, 11) is -3.47. The molecular formula is C10H20N2O3S. The molecule has 1 amide bonds. The summed E-state index contributed by atoms with van der Waals surface area (Å²) in [5.74, 6) is -0.166. The molecule has 1 heterocycles. The molecule has 2 N–H and O–H groups in total. The average molecular weight is 248 g/mol. The third-order valence-electron chi connectivity index (χ3n) is 3.09. The molecule has 1 saturated heterocycles. The van der Waals surface area contributed by atoms with Gasteiger partial charge in [-0.1, -0.05) is 13.8 Å². The highest BCUT2D eigenvalue weighted by Crippen LogP contribution is 2.23. The number of carbonyl (C=O) groups excluding carboxylic acids is 1. The van der Waals surface area contributed by atoms with Crippen molar-refractivity contribution in [1.29, 1.82) is 0 Å². The Morgan fingerprint density at radius 1 is 1.44 bits per heavy atom. The van der Waals surface area contributed by atoms with Crippen LogP contribution >= 0.6 is 0 Å².